The lowest BCUT2D eigenvalue weighted by Crippen LogP contribution is -2.18. The van der Waals surface area contributed by atoms with Crippen LogP contribution >= 0.6 is 23.2 Å². The molecule has 0 N–H and O–H groups in total. The SMILES string of the molecule is O=C(Cn1c2ccccc2c(=O)c2ccccc21)OCc1ccc(Cl)c(Cl)c1. The van der Waals surface area contributed by atoms with Crippen LogP contribution in [-0.4, -0.2) is 10.5 Å². The van der Waals surface area contributed by atoms with Crippen molar-refractivity contribution in [2.75, 3.05) is 0 Å². The number of esters is 1. The van der Waals surface area contributed by atoms with Crippen molar-refractivity contribution >= 4 is 51.0 Å². The van der Waals surface area contributed by atoms with E-state index in [1.54, 1.807) is 30.3 Å². The van der Waals surface area contributed by atoms with Gasteiger partial charge in [0.1, 0.15) is 13.2 Å². The predicted molar refractivity (Wildman–Crippen MR) is 112 cm³/mol. The molecule has 1 aromatic heterocycles. The van der Waals surface area contributed by atoms with Crippen LogP contribution in [0, 0.1) is 0 Å². The summed E-state index contributed by atoms with van der Waals surface area (Å²) in [5, 5.41) is 1.99. The fourth-order valence-corrected chi connectivity index (χ4v) is 3.54. The molecular weight excluding hydrogens is 397 g/mol. The molecule has 4 aromatic rings. The number of aromatic nitrogens is 1. The minimum absolute atomic E-state index is 0.0113. The largest absolute Gasteiger partial charge is 0.459 e. The Labute approximate surface area is 170 Å². The molecule has 0 bridgehead atoms. The van der Waals surface area contributed by atoms with Gasteiger partial charge in [-0.25, -0.2) is 0 Å². The zero-order valence-electron chi connectivity index (χ0n) is 14.7. The third-order valence-electron chi connectivity index (χ3n) is 4.55. The summed E-state index contributed by atoms with van der Waals surface area (Å²) in [5.41, 5.74) is 2.08. The molecule has 0 saturated heterocycles. The lowest BCUT2D eigenvalue weighted by molar-refractivity contribution is -0.145. The Morgan fingerprint density at radius 3 is 2.07 bits per heavy atom. The zero-order chi connectivity index (χ0) is 19.7. The van der Waals surface area contributed by atoms with Gasteiger partial charge < -0.3 is 9.30 Å². The lowest BCUT2D eigenvalue weighted by atomic mass is 10.1. The summed E-state index contributed by atoms with van der Waals surface area (Å²) in [6, 6.07) is 19.6. The summed E-state index contributed by atoms with van der Waals surface area (Å²) in [5.74, 6) is -0.412. The zero-order valence-corrected chi connectivity index (χ0v) is 16.2. The van der Waals surface area contributed by atoms with Crippen LogP contribution in [-0.2, 0) is 22.7 Å². The molecule has 0 radical (unpaired) electrons. The van der Waals surface area contributed by atoms with Crippen LogP contribution in [0.15, 0.2) is 71.5 Å². The van der Waals surface area contributed by atoms with Gasteiger partial charge in [0.2, 0.25) is 0 Å². The third kappa shape index (κ3) is 3.49. The summed E-state index contributed by atoms with van der Waals surface area (Å²) in [4.78, 5) is 25.3. The van der Waals surface area contributed by atoms with Crippen LogP contribution in [0.25, 0.3) is 21.8 Å². The number of para-hydroxylation sites is 2. The summed E-state index contributed by atoms with van der Waals surface area (Å²) >= 11 is 11.9. The number of pyridine rings is 1. The number of hydrogen-bond donors (Lipinski definition) is 0. The van der Waals surface area contributed by atoms with Gasteiger partial charge in [-0.1, -0.05) is 53.5 Å². The molecule has 140 valence electrons. The minimum atomic E-state index is -0.412. The summed E-state index contributed by atoms with van der Waals surface area (Å²) in [7, 11) is 0. The van der Waals surface area contributed by atoms with Crippen LogP contribution in [0.3, 0.4) is 0 Å². The third-order valence-corrected chi connectivity index (χ3v) is 5.29. The Morgan fingerprint density at radius 1 is 0.857 bits per heavy atom. The van der Waals surface area contributed by atoms with Gasteiger partial charge in [-0.15, -0.1) is 0 Å². The van der Waals surface area contributed by atoms with E-state index in [-0.39, 0.29) is 18.6 Å². The second kappa shape index (κ2) is 7.66. The average Bonchev–Trinajstić information content (AvgIpc) is 2.72. The molecule has 4 nitrogen and oxygen atoms in total. The van der Waals surface area contributed by atoms with Crippen molar-refractivity contribution < 1.29 is 9.53 Å². The van der Waals surface area contributed by atoms with Gasteiger partial charge >= 0.3 is 5.97 Å². The van der Waals surface area contributed by atoms with E-state index in [0.29, 0.717) is 31.9 Å². The maximum absolute atomic E-state index is 12.7. The van der Waals surface area contributed by atoms with Crippen molar-refractivity contribution in [1.29, 1.82) is 0 Å². The Hall–Kier alpha value is -2.82. The van der Waals surface area contributed by atoms with Crippen molar-refractivity contribution in [2.24, 2.45) is 0 Å². The normalized spacial score (nSPS) is 11.1. The van der Waals surface area contributed by atoms with Gasteiger partial charge in [0.15, 0.2) is 5.43 Å². The highest BCUT2D eigenvalue weighted by atomic mass is 35.5. The molecule has 0 spiro atoms. The monoisotopic (exact) mass is 411 g/mol. The molecule has 6 heteroatoms. The van der Waals surface area contributed by atoms with E-state index in [2.05, 4.69) is 0 Å². The van der Waals surface area contributed by atoms with E-state index in [1.165, 1.54) is 0 Å². The maximum atomic E-state index is 12.7. The minimum Gasteiger partial charge on any atom is -0.459 e. The Kier molecular flexibility index (Phi) is 5.07. The Bertz CT molecular complexity index is 1200. The number of hydrogen-bond acceptors (Lipinski definition) is 3. The van der Waals surface area contributed by atoms with Crippen molar-refractivity contribution in [1.82, 2.24) is 4.57 Å². The van der Waals surface area contributed by atoms with E-state index >= 15 is 0 Å². The molecule has 0 aliphatic heterocycles. The Morgan fingerprint density at radius 2 is 1.46 bits per heavy atom. The molecule has 0 aliphatic carbocycles. The number of carbonyl (C=O) groups excluding carboxylic acids is 1. The lowest BCUT2D eigenvalue weighted by Gasteiger charge is -2.14. The standard InChI is InChI=1S/C22H15Cl2NO3/c23-17-10-9-14(11-18(17)24)13-28-21(26)12-25-19-7-3-1-5-15(19)22(27)16-6-2-4-8-20(16)25/h1-11H,12-13H2. The first kappa shape index (κ1) is 18.5. The number of fused-ring (bicyclic) bond motifs is 2. The second-order valence-corrected chi connectivity index (χ2v) is 7.17. The fourth-order valence-electron chi connectivity index (χ4n) is 3.22. The molecule has 0 amide bonds. The highest BCUT2D eigenvalue weighted by Gasteiger charge is 2.13. The fraction of sp³-hybridized carbons (Fsp3) is 0.0909. The molecule has 0 atom stereocenters. The predicted octanol–water partition coefficient (Wildman–Crippen LogP) is 5.20. The average molecular weight is 412 g/mol. The van der Waals surface area contributed by atoms with Crippen LogP contribution < -0.4 is 5.43 Å². The highest BCUT2D eigenvalue weighted by molar-refractivity contribution is 6.42. The second-order valence-electron chi connectivity index (χ2n) is 6.36. The molecule has 0 unspecified atom stereocenters. The number of ether oxygens (including phenoxy) is 1. The molecule has 0 aliphatic rings. The molecule has 0 saturated carbocycles. The topological polar surface area (TPSA) is 48.3 Å². The molecule has 4 rings (SSSR count). The van der Waals surface area contributed by atoms with Gasteiger partial charge in [0, 0.05) is 10.8 Å². The van der Waals surface area contributed by atoms with Crippen molar-refractivity contribution in [3.8, 4) is 0 Å². The van der Waals surface area contributed by atoms with Crippen LogP contribution in [0.5, 0.6) is 0 Å². The van der Waals surface area contributed by atoms with Crippen molar-refractivity contribution in [2.45, 2.75) is 13.2 Å². The van der Waals surface area contributed by atoms with Gasteiger partial charge in [-0.2, -0.15) is 0 Å². The van der Waals surface area contributed by atoms with Gasteiger partial charge in [-0.3, -0.25) is 9.59 Å². The van der Waals surface area contributed by atoms with Crippen molar-refractivity contribution in [3.63, 3.8) is 0 Å². The van der Waals surface area contributed by atoms with Gasteiger partial charge in [0.25, 0.3) is 0 Å². The maximum Gasteiger partial charge on any atom is 0.326 e. The number of nitrogens with zero attached hydrogens (tertiary/aromatic N) is 1. The van der Waals surface area contributed by atoms with Crippen LogP contribution in [0.4, 0.5) is 0 Å². The number of carbonyl (C=O) groups is 1. The van der Waals surface area contributed by atoms with Gasteiger partial charge in [0.05, 0.1) is 21.1 Å². The summed E-state index contributed by atoms with van der Waals surface area (Å²) in [6.45, 7) is 0.0778. The first-order chi connectivity index (χ1) is 13.5. The van der Waals surface area contributed by atoms with E-state index in [9.17, 15) is 9.59 Å². The quantitative estimate of drug-likeness (QED) is 0.342. The molecular formula is C22H15Cl2NO3. The number of benzene rings is 3. The molecule has 28 heavy (non-hydrogen) atoms. The van der Waals surface area contributed by atoms with E-state index in [0.717, 1.165) is 5.56 Å². The smallest absolute Gasteiger partial charge is 0.326 e. The van der Waals surface area contributed by atoms with Crippen LogP contribution in [0.1, 0.15) is 5.56 Å². The summed E-state index contributed by atoms with van der Waals surface area (Å²) in [6.07, 6.45) is 0. The highest BCUT2D eigenvalue weighted by Crippen LogP contribution is 2.23. The van der Waals surface area contributed by atoms with Gasteiger partial charge in [-0.05, 0) is 42.0 Å². The van der Waals surface area contributed by atoms with E-state index in [4.69, 9.17) is 27.9 Å². The first-order valence-corrected chi connectivity index (χ1v) is 9.40. The Balaban J connectivity index is 1.66. The summed E-state index contributed by atoms with van der Waals surface area (Å²) < 4.78 is 7.22. The molecule has 3 aromatic carbocycles. The molecule has 0 fully saturated rings. The van der Waals surface area contributed by atoms with Crippen molar-refractivity contribution in [3.05, 3.63) is 92.6 Å². The first-order valence-electron chi connectivity index (χ1n) is 8.64. The number of halogens is 2. The van der Waals surface area contributed by atoms with Crippen LogP contribution in [0.2, 0.25) is 10.0 Å². The molecule has 1 heterocycles. The van der Waals surface area contributed by atoms with E-state index < -0.39 is 5.97 Å². The number of rotatable bonds is 4. The van der Waals surface area contributed by atoms with E-state index in [1.807, 2.05) is 41.0 Å².